The van der Waals surface area contributed by atoms with Gasteiger partial charge in [0.15, 0.2) is 0 Å². The Morgan fingerprint density at radius 3 is 2.65 bits per heavy atom. The molecule has 20 heavy (non-hydrogen) atoms. The van der Waals surface area contributed by atoms with Crippen LogP contribution in [0.1, 0.15) is 37.0 Å². The van der Waals surface area contributed by atoms with Gasteiger partial charge in [-0.15, -0.1) is 0 Å². The van der Waals surface area contributed by atoms with Crippen molar-refractivity contribution in [3.63, 3.8) is 0 Å². The lowest BCUT2D eigenvalue weighted by molar-refractivity contribution is -0.118. The molecule has 2 aliphatic rings. The normalized spacial score (nSPS) is 18.9. The van der Waals surface area contributed by atoms with Crippen molar-refractivity contribution in [3.8, 4) is 0 Å². The number of anilines is 1. The second-order valence-electron chi connectivity index (χ2n) is 6.23. The number of carbonyl (C=O) groups excluding carboxylic acids is 2. The lowest BCUT2D eigenvalue weighted by Gasteiger charge is -2.40. The van der Waals surface area contributed by atoms with Gasteiger partial charge >= 0.3 is 0 Å². The van der Waals surface area contributed by atoms with Crippen molar-refractivity contribution in [2.45, 2.75) is 26.7 Å². The van der Waals surface area contributed by atoms with E-state index in [9.17, 15) is 9.59 Å². The summed E-state index contributed by atoms with van der Waals surface area (Å²) in [4.78, 5) is 29.9. The number of amides is 2. The summed E-state index contributed by atoms with van der Waals surface area (Å²) in [6, 6.07) is 3.35. The minimum atomic E-state index is -0.110. The fourth-order valence-corrected chi connectivity index (χ4v) is 2.49. The molecule has 106 valence electrons. The van der Waals surface area contributed by atoms with Gasteiger partial charge in [0.05, 0.1) is 0 Å². The summed E-state index contributed by atoms with van der Waals surface area (Å²) in [6.07, 6.45) is 4.07. The molecule has 1 N–H and O–H groups in total. The third kappa shape index (κ3) is 2.40. The zero-order valence-corrected chi connectivity index (χ0v) is 11.8. The Morgan fingerprint density at radius 1 is 1.35 bits per heavy atom. The molecule has 0 atom stereocenters. The maximum atomic E-state index is 12.3. The van der Waals surface area contributed by atoms with Gasteiger partial charge in [-0.05, 0) is 25.0 Å². The summed E-state index contributed by atoms with van der Waals surface area (Å²) in [6.45, 7) is 5.39. The molecule has 1 spiro atoms. The van der Waals surface area contributed by atoms with Gasteiger partial charge in [-0.25, -0.2) is 4.98 Å². The number of aromatic nitrogens is 1. The van der Waals surface area contributed by atoms with Crippen molar-refractivity contribution in [2.75, 3.05) is 18.4 Å². The summed E-state index contributed by atoms with van der Waals surface area (Å²) < 4.78 is 0. The molecule has 2 fully saturated rings. The number of hydrogen-bond acceptors (Lipinski definition) is 3. The van der Waals surface area contributed by atoms with Crippen LogP contribution < -0.4 is 5.32 Å². The van der Waals surface area contributed by atoms with Gasteiger partial charge in [-0.1, -0.05) is 13.8 Å². The molecule has 1 aliphatic carbocycles. The average Bonchev–Trinajstić information content (AvgIpc) is 3.17. The number of carbonyl (C=O) groups is 2. The summed E-state index contributed by atoms with van der Waals surface area (Å²) in [5.41, 5.74) is 1.05. The highest BCUT2D eigenvalue weighted by Crippen LogP contribution is 2.53. The molecular weight excluding hydrogens is 254 g/mol. The van der Waals surface area contributed by atoms with E-state index >= 15 is 0 Å². The van der Waals surface area contributed by atoms with Crippen LogP contribution in [0.4, 0.5) is 5.82 Å². The van der Waals surface area contributed by atoms with Gasteiger partial charge in [0, 0.05) is 36.2 Å². The highest BCUT2D eigenvalue weighted by Gasteiger charge is 2.53. The Morgan fingerprint density at radius 2 is 2.05 bits per heavy atom. The van der Waals surface area contributed by atoms with Gasteiger partial charge in [-0.2, -0.15) is 0 Å². The van der Waals surface area contributed by atoms with E-state index in [4.69, 9.17) is 0 Å². The highest BCUT2D eigenvalue weighted by atomic mass is 16.2. The number of hydrogen-bond donors (Lipinski definition) is 1. The standard InChI is InChI=1S/C15H19N3O2/c1-10(2)13(19)17-12-7-11(3-6-16-12)14(20)18-8-15(9-18)4-5-15/h3,6-7,10H,4-5,8-9H2,1-2H3,(H,16,17,19). The Labute approximate surface area is 118 Å². The van der Waals surface area contributed by atoms with Gasteiger partial charge < -0.3 is 10.2 Å². The molecule has 5 nitrogen and oxygen atoms in total. The first-order valence-corrected chi connectivity index (χ1v) is 7.05. The predicted molar refractivity (Wildman–Crippen MR) is 75.3 cm³/mol. The Balaban J connectivity index is 1.67. The third-order valence-corrected chi connectivity index (χ3v) is 4.08. The van der Waals surface area contributed by atoms with Gasteiger partial charge in [0.25, 0.3) is 5.91 Å². The van der Waals surface area contributed by atoms with E-state index in [0.717, 1.165) is 13.1 Å². The van der Waals surface area contributed by atoms with Crippen LogP contribution in [-0.2, 0) is 4.79 Å². The first kappa shape index (κ1) is 13.1. The Bertz CT molecular complexity index is 556. The molecule has 1 saturated heterocycles. The van der Waals surface area contributed by atoms with Crippen LogP contribution in [0, 0.1) is 11.3 Å². The number of rotatable bonds is 3. The first-order chi connectivity index (χ1) is 9.49. The summed E-state index contributed by atoms with van der Waals surface area (Å²) in [5.74, 6) is 0.269. The minimum absolute atomic E-state index is 0.0324. The van der Waals surface area contributed by atoms with Crippen molar-refractivity contribution in [1.29, 1.82) is 0 Å². The van der Waals surface area contributed by atoms with Crippen molar-refractivity contribution in [2.24, 2.45) is 11.3 Å². The van der Waals surface area contributed by atoms with Crippen molar-refractivity contribution >= 4 is 17.6 Å². The lowest BCUT2D eigenvalue weighted by Crippen LogP contribution is -2.51. The third-order valence-electron chi connectivity index (χ3n) is 4.08. The molecule has 0 aromatic carbocycles. The maximum Gasteiger partial charge on any atom is 0.254 e. The molecule has 1 aromatic heterocycles. The van der Waals surface area contributed by atoms with Crippen LogP contribution in [0.2, 0.25) is 0 Å². The highest BCUT2D eigenvalue weighted by molar-refractivity contribution is 5.97. The number of nitrogens with zero attached hydrogens (tertiary/aromatic N) is 2. The van der Waals surface area contributed by atoms with Crippen molar-refractivity contribution < 1.29 is 9.59 Å². The monoisotopic (exact) mass is 273 g/mol. The Kier molecular flexibility index (Phi) is 3.00. The smallest absolute Gasteiger partial charge is 0.254 e. The minimum Gasteiger partial charge on any atom is -0.337 e. The van der Waals surface area contributed by atoms with E-state index in [1.54, 1.807) is 18.3 Å². The summed E-state index contributed by atoms with van der Waals surface area (Å²) in [7, 11) is 0. The molecule has 3 rings (SSSR count). The summed E-state index contributed by atoms with van der Waals surface area (Å²) in [5, 5.41) is 2.72. The fraction of sp³-hybridized carbons (Fsp3) is 0.533. The van der Waals surface area contributed by atoms with E-state index in [0.29, 0.717) is 16.8 Å². The van der Waals surface area contributed by atoms with Gasteiger partial charge in [0.2, 0.25) is 5.91 Å². The van der Waals surface area contributed by atoms with Crippen LogP contribution in [0.15, 0.2) is 18.3 Å². The molecule has 1 saturated carbocycles. The van der Waals surface area contributed by atoms with E-state index in [2.05, 4.69) is 10.3 Å². The molecule has 2 heterocycles. The van der Waals surface area contributed by atoms with Crippen LogP contribution in [-0.4, -0.2) is 34.8 Å². The topological polar surface area (TPSA) is 62.3 Å². The van der Waals surface area contributed by atoms with Crippen LogP contribution in [0.5, 0.6) is 0 Å². The second-order valence-corrected chi connectivity index (χ2v) is 6.23. The van der Waals surface area contributed by atoms with Gasteiger partial charge in [-0.3, -0.25) is 9.59 Å². The Hall–Kier alpha value is -1.91. The number of nitrogens with one attached hydrogen (secondary N) is 1. The van der Waals surface area contributed by atoms with Gasteiger partial charge in [0.1, 0.15) is 5.82 Å². The summed E-state index contributed by atoms with van der Waals surface area (Å²) >= 11 is 0. The van der Waals surface area contributed by atoms with Crippen LogP contribution in [0.25, 0.3) is 0 Å². The molecule has 0 radical (unpaired) electrons. The largest absolute Gasteiger partial charge is 0.337 e. The molecule has 0 unspecified atom stereocenters. The SMILES string of the molecule is CC(C)C(=O)Nc1cc(C(=O)N2CC3(CC3)C2)ccn1. The second kappa shape index (κ2) is 4.58. The first-order valence-electron chi connectivity index (χ1n) is 7.05. The lowest BCUT2D eigenvalue weighted by atomic mass is 9.96. The van der Waals surface area contributed by atoms with Crippen LogP contribution >= 0.6 is 0 Å². The molecule has 2 amide bonds. The van der Waals surface area contributed by atoms with Crippen molar-refractivity contribution in [3.05, 3.63) is 23.9 Å². The molecular formula is C15H19N3O2. The number of likely N-dealkylation sites (tertiary alicyclic amines) is 1. The zero-order chi connectivity index (χ0) is 14.3. The quantitative estimate of drug-likeness (QED) is 0.915. The molecule has 5 heteroatoms. The molecule has 1 aromatic rings. The number of pyridine rings is 1. The van der Waals surface area contributed by atoms with E-state index in [1.165, 1.54) is 12.8 Å². The van der Waals surface area contributed by atoms with Crippen LogP contribution in [0.3, 0.4) is 0 Å². The fourth-order valence-electron chi connectivity index (χ4n) is 2.49. The molecule has 0 bridgehead atoms. The maximum absolute atomic E-state index is 12.3. The van der Waals surface area contributed by atoms with E-state index in [-0.39, 0.29) is 17.7 Å². The van der Waals surface area contributed by atoms with E-state index < -0.39 is 0 Å². The average molecular weight is 273 g/mol. The van der Waals surface area contributed by atoms with Crippen molar-refractivity contribution in [1.82, 2.24) is 9.88 Å². The zero-order valence-electron chi connectivity index (χ0n) is 11.8. The predicted octanol–water partition coefficient (Wildman–Crippen LogP) is 1.91. The molecule has 1 aliphatic heterocycles. The van der Waals surface area contributed by atoms with E-state index in [1.807, 2.05) is 18.7 Å².